The summed E-state index contributed by atoms with van der Waals surface area (Å²) in [5, 5.41) is 0.711. The summed E-state index contributed by atoms with van der Waals surface area (Å²) < 4.78 is 11.0. The smallest absolute Gasteiger partial charge is 0.266 e. The van der Waals surface area contributed by atoms with Crippen molar-refractivity contribution in [2.24, 2.45) is 4.99 Å². The van der Waals surface area contributed by atoms with Crippen molar-refractivity contribution < 1.29 is 14.3 Å². The largest absolute Gasteiger partial charge is 0.494 e. The molecular formula is C20H22N2O3S. The zero-order valence-electron chi connectivity index (χ0n) is 14.9. The Bertz CT molecular complexity index is 762. The molecule has 2 aromatic carbocycles. The molecule has 0 radical (unpaired) electrons. The van der Waals surface area contributed by atoms with Gasteiger partial charge in [-0.1, -0.05) is 30.0 Å². The molecule has 0 N–H and O–H groups in total. The third-order valence-electron chi connectivity index (χ3n) is 3.85. The van der Waals surface area contributed by atoms with E-state index in [0.29, 0.717) is 17.5 Å². The van der Waals surface area contributed by atoms with Gasteiger partial charge in [-0.15, -0.1) is 0 Å². The van der Waals surface area contributed by atoms with Crippen LogP contribution in [0.2, 0.25) is 0 Å². The summed E-state index contributed by atoms with van der Waals surface area (Å²) in [7, 11) is 0. The highest BCUT2D eigenvalue weighted by Crippen LogP contribution is 2.28. The van der Waals surface area contributed by atoms with Gasteiger partial charge >= 0.3 is 0 Å². The first-order chi connectivity index (χ1) is 12.7. The van der Waals surface area contributed by atoms with Crippen molar-refractivity contribution in [3.8, 4) is 11.5 Å². The maximum atomic E-state index is 12.7. The van der Waals surface area contributed by atoms with Crippen molar-refractivity contribution in [1.29, 1.82) is 0 Å². The number of nitrogens with zero attached hydrogens (tertiary/aromatic N) is 2. The van der Waals surface area contributed by atoms with E-state index in [2.05, 4.69) is 4.99 Å². The lowest BCUT2D eigenvalue weighted by atomic mass is 10.3. The molecule has 0 spiro atoms. The second kappa shape index (κ2) is 8.76. The van der Waals surface area contributed by atoms with Crippen molar-refractivity contribution in [3.05, 3.63) is 54.6 Å². The second-order valence-corrected chi connectivity index (χ2v) is 6.83. The molecule has 1 aliphatic heterocycles. The van der Waals surface area contributed by atoms with Gasteiger partial charge in [0.05, 0.1) is 12.3 Å². The fraction of sp³-hybridized carbons (Fsp3) is 0.300. The molecule has 136 valence electrons. The van der Waals surface area contributed by atoms with E-state index in [-0.39, 0.29) is 18.6 Å². The van der Waals surface area contributed by atoms with Crippen molar-refractivity contribution in [2.45, 2.75) is 19.9 Å². The van der Waals surface area contributed by atoms with Gasteiger partial charge in [-0.05, 0) is 50.2 Å². The fourth-order valence-corrected chi connectivity index (χ4v) is 3.72. The minimum Gasteiger partial charge on any atom is -0.494 e. The molecule has 3 rings (SSSR count). The number of carbonyl (C=O) groups is 1. The van der Waals surface area contributed by atoms with Crippen molar-refractivity contribution in [2.75, 3.05) is 19.0 Å². The summed E-state index contributed by atoms with van der Waals surface area (Å²) in [6, 6.07) is 17.0. The summed E-state index contributed by atoms with van der Waals surface area (Å²) >= 11 is 1.59. The average molecular weight is 370 g/mol. The average Bonchev–Trinajstić information content (AvgIpc) is 3.03. The summed E-state index contributed by atoms with van der Waals surface area (Å²) in [6.07, 6.45) is 0. The van der Waals surface area contributed by atoms with Crippen LogP contribution in [0.4, 0.5) is 5.69 Å². The highest BCUT2D eigenvalue weighted by molar-refractivity contribution is 8.14. The van der Waals surface area contributed by atoms with Crippen molar-refractivity contribution in [3.63, 3.8) is 0 Å². The molecule has 1 fully saturated rings. The molecule has 1 amide bonds. The number of carbonyl (C=O) groups excluding carboxylic acids is 1. The molecule has 1 heterocycles. The Balaban J connectivity index is 1.69. The van der Waals surface area contributed by atoms with Gasteiger partial charge in [0.25, 0.3) is 5.91 Å². The van der Waals surface area contributed by atoms with Gasteiger partial charge in [-0.25, -0.2) is 4.99 Å². The summed E-state index contributed by atoms with van der Waals surface area (Å²) in [4.78, 5) is 19.0. The summed E-state index contributed by atoms with van der Waals surface area (Å²) in [6.45, 7) is 4.60. The van der Waals surface area contributed by atoms with E-state index >= 15 is 0 Å². The Morgan fingerprint density at radius 1 is 1.12 bits per heavy atom. The zero-order valence-corrected chi connectivity index (χ0v) is 15.7. The predicted molar refractivity (Wildman–Crippen MR) is 105 cm³/mol. The molecular weight excluding hydrogens is 348 g/mol. The quantitative estimate of drug-likeness (QED) is 0.768. The van der Waals surface area contributed by atoms with Crippen LogP contribution in [0.15, 0.2) is 59.6 Å². The molecule has 0 saturated carbocycles. The first kappa shape index (κ1) is 18.3. The molecule has 0 aromatic heterocycles. The zero-order chi connectivity index (χ0) is 18.4. The van der Waals surface area contributed by atoms with Crippen LogP contribution in [0.3, 0.4) is 0 Å². The number of rotatable bonds is 6. The van der Waals surface area contributed by atoms with Gasteiger partial charge in [0.15, 0.2) is 11.8 Å². The van der Waals surface area contributed by atoms with Gasteiger partial charge in [0.2, 0.25) is 0 Å². The van der Waals surface area contributed by atoms with Crippen LogP contribution in [-0.2, 0) is 4.79 Å². The Morgan fingerprint density at radius 3 is 2.50 bits per heavy atom. The molecule has 1 atom stereocenters. The molecule has 1 saturated heterocycles. The number of amidine groups is 1. The SMILES string of the molecule is CCOc1ccc(N=C2SC[C@H](C)N2C(=O)COc2ccccc2)cc1. The Morgan fingerprint density at radius 2 is 1.81 bits per heavy atom. The Hall–Kier alpha value is -2.47. The van der Waals surface area contributed by atoms with Gasteiger partial charge in [0, 0.05) is 11.8 Å². The lowest BCUT2D eigenvalue weighted by molar-refractivity contribution is -0.130. The van der Waals surface area contributed by atoms with E-state index in [1.807, 2.05) is 68.4 Å². The van der Waals surface area contributed by atoms with E-state index in [9.17, 15) is 4.79 Å². The highest BCUT2D eigenvalue weighted by Gasteiger charge is 2.32. The van der Waals surface area contributed by atoms with Crippen LogP contribution in [-0.4, -0.2) is 41.0 Å². The minimum atomic E-state index is -0.0870. The number of thioether (sulfide) groups is 1. The highest BCUT2D eigenvalue weighted by atomic mass is 32.2. The second-order valence-electron chi connectivity index (χ2n) is 5.85. The number of hydrogen-bond donors (Lipinski definition) is 0. The first-order valence-electron chi connectivity index (χ1n) is 8.61. The van der Waals surface area contributed by atoms with E-state index in [0.717, 1.165) is 17.2 Å². The van der Waals surface area contributed by atoms with Crippen molar-refractivity contribution in [1.82, 2.24) is 4.90 Å². The standard InChI is InChI=1S/C20H22N2O3S/c1-3-24-18-11-9-16(10-12-18)21-20-22(15(2)14-26-20)19(23)13-25-17-7-5-4-6-8-17/h4-12,15H,3,13-14H2,1-2H3/t15-/m0/s1. The topological polar surface area (TPSA) is 51.1 Å². The van der Waals surface area contributed by atoms with Crippen LogP contribution < -0.4 is 9.47 Å². The lowest BCUT2D eigenvalue weighted by Gasteiger charge is -2.21. The molecule has 1 aliphatic rings. The van der Waals surface area contributed by atoms with Crippen LogP contribution in [0.25, 0.3) is 0 Å². The molecule has 5 nitrogen and oxygen atoms in total. The van der Waals surface area contributed by atoms with Crippen LogP contribution in [0.5, 0.6) is 11.5 Å². The monoisotopic (exact) mass is 370 g/mol. The van der Waals surface area contributed by atoms with Crippen LogP contribution in [0, 0.1) is 0 Å². The Labute approximate surface area is 158 Å². The normalized spacial score (nSPS) is 18.2. The number of aliphatic imine (C=N–C) groups is 1. The molecule has 26 heavy (non-hydrogen) atoms. The Kier molecular flexibility index (Phi) is 6.17. The number of para-hydroxylation sites is 1. The number of benzene rings is 2. The molecule has 0 unspecified atom stereocenters. The van der Waals surface area contributed by atoms with E-state index in [1.54, 1.807) is 16.7 Å². The van der Waals surface area contributed by atoms with Crippen molar-refractivity contribution >= 4 is 28.5 Å². The van der Waals surface area contributed by atoms with Crippen LogP contribution in [0.1, 0.15) is 13.8 Å². The molecule has 0 bridgehead atoms. The van der Waals surface area contributed by atoms with Gasteiger partial charge in [-0.3, -0.25) is 9.69 Å². The number of hydrogen-bond acceptors (Lipinski definition) is 5. The van der Waals surface area contributed by atoms with Gasteiger partial charge < -0.3 is 9.47 Å². The third-order valence-corrected chi connectivity index (χ3v) is 5.04. The van der Waals surface area contributed by atoms with E-state index < -0.39 is 0 Å². The summed E-state index contributed by atoms with van der Waals surface area (Å²) in [5.74, 6) is 2.24. The maximum Gasteiger partial charge on any atom is 0.266 e. The minimum absolute atomic E-state index is 0.00277. The van der Waals surface area contributed by atoms with Gasteiger partial charge in [-0.2, -0.15) is 0 Å². The van der Waals surface area contributed by atoms with E-state index in [1.165, 1.54) is 0 Å². The molecule has 6 heteroatoms. The molecule has 0 aliphatic carbocycles. The molecule has 2 aromatic rings. The third kappa shape index (κ3) is 4.58. The maximum absolute atomic E-state index is 12.7. The van der Waals surface area contributed by atoms with Crippen LogP contribution >= 0.6 is 11.8 Å². The first-order valence-corrected chi connectivity index (χ1v) is 9.60. The lowest BCUT2D eigenvalue weighted by Crippen LogP contribution is -2.40. The fourth-order valence-electron chi connectivity index (χ4n) is 2.59. The van der Waals surface area contributed by atoms with Gasteiger partial charge in [0.1, 0.15) is 11.5 Å². The number of ether oxygens (including phenoxy) is 2. The van der Waals surface area contributed by atoms with E-state index in [4.69, 9.17) is 9.47 Å². The number of amides is 1. The predicted octanol–water partition coefficient (Wildman–Crippen LogP) is 4.12. The summed E-state index contributed by atoms with van der Waals surface area (Å²) in [5.41, 5.74) is 0.798.